The van der Waals surface area contributed by atoms with Crippen molar-refractivity contribution in [2.45, 2.75) is 44.7 Å². The lowest BCUT2D eigenvalue weighted by Crippen LogP contribution is -2.38. The zero-order chi connectivity index (χ0) is 22.3. The summed E-state index contributed by atoms with van der Waals surface area (Å²) >= 11 is 0. The highest BCUT2D eigenvalue weighted by Gasteiger charge is 2.43. The maximum Gasteiger partial charge on any atom is 0.417 e. The summed E-state index contributed by atoms with van der Waals surface area (Å²) in [4.78, 5) is 11.9. The molecule has 0 aliphatic carbocycles. The molecule has 3 saturated heterocycles. The molecule has 5 rings (SSSR count). The molecule has 0 spiro atoms. The van der Waals surface area contributed by atoms with E-state index in [2.05, 4.69) is 14.0 Å². The van der Waals surface area contributed by atoms with Crippen LogP contribution in [0.1, 0.15) is 44.1 Å². The van der Waals surface area contributed by atoms with Crippen LogP contribution in [-0.2, 0) is 6.18 Å². The third-order valence-electron chi connectivity index (χ3n) is 6.67. The largest absolute Gasteiger partial charge is 0.423 e. The number of hydrogen-bond donors (Lipinski definition) is 0. The molecule has 1 aromatic heterocycles. The van der Waals surface area contributed by atoms with Gasteiger partial charge in [-0.2, -0.15) is 13.2 Å². The highest BCUT2D eigenvalue weighted by atomic mass is 31.2. The maximum atomic E-state index is 13.5. The Morgan fingerprint density at radius 1 is 0.812 bits per heavy atom. The van der Waals surface area contributed by atoms with E-state index in [1.165, 1.54) is 12.1 Å². The summed E-state index contributed by atoms with van der Waals surface area (Å²) in [5.74, 6) is 0. The Balaban J connectivity index is 1.70. The zero-order valence-electron chi connectivity index (χ0n) is 18.0. The van der Waals surface area contributed by atoms with Crippen molar-refractivity contribution in [1.82, 2.24) is 14.0 Å². The third kappa shape index (κ3) is 3.94. The lowest BCUT2D eigenvalue weighted by Gasteiger charge is -2.45. The van der Waals surface area contributed by atoms with Crippen LogP contribution in [0.15, 0.2) is 38.2 Å². The Morgan fingerprint density at radius 3 is 1.78 bits per heavy atom. The first-order valence-corrected chi connectivity index (χ1v) is 13.0. The van der Waals surface area contributed by atoms with Crippen molar-refractivity contribution in [3.63, 3.8) is 0 Å². The standard InChI is InChI=1S/C22H28F3N4O2P/c23-22(24,25)19-16-21(30)31-20-15-17(7-8-18(19)20)26-32(27-9-1-2-10-27,28-11-3-4-12-28)29-13-5-6-14-29/h7-8,15-16H,1-6,9-14H2. The minimum absolute atomic E-state index is 0.0616. The first-order chi connectivity index (χ1) is 15.4. The predicted molar refractivity (Wildman–Crippen MR) is 119 cm³/mol. The molecular weight excluding hydrogens is 440 g/mol. The van der Waals surface area contributed by atoms with Gasteiger partial charge in [-0.1, -0.05) is 0 Å². The number of rotatable bonds is 4. The second-order valence-electron chi connectivity index (χ2n) is 8.78. The lowest BCUT2D eigenvalue weighted by molar-refractivity contribution is -0.136. The molecule has 0 bridgehead atoms. The molecule has 6 nitrogen and oxygen atoms in total. The van der Waals surface area contributed by atoms with Crippen LogP contribution < -0.4 is 5.63 Å². The number of alkyl halides is 3. The minimum atomic E-state index is -4.62. The van der Waals surface area contributed by atoms with Gasteiger partial charge in [0.15, 0.2) is 7.51 Å². The van der Waals surface area contributed by atoms with Crippen LogP contribution in [0, 0.1) is 0 Å². The molecule has 0 unspecified atom stereocenters. The molecule has 32 heavy (non-hydrogen) atoms. The summed E-state index contributed by atoms with van der Waals surface area (Å²) in [6.45, 7) is 5.95. The molecular formula is C22H28F3N4O2P. The third-order valence-corrected chi connectivity index (χ3v) is 10.6. The van der Waals surface area contributed by atoms with E-state index in [-0.39, 0.29) is 11.0 Å². The molecule has 4 heterocycles. The summed E-state index contributed by atoms with van der Waals surface area (Å²) < 4.78 is 58.5. The number of halogens is 3. The summed E-state index contributed by atoms with van der Waals surface area (Å²) in [7, 11) is -2.21. The second kappa shape index (κ2) is 8.60. The van der Waals surface area contributed by atoms with E-state index in [9.17, 15) is 18.0 Å². The van der Waals surface area contributed by atoms with Crippen LogP contribution in [0.2, 0.25) is 0 Å². The summed E-state index contributed by atoms with van der Waals surface area (Å²) in [6.07, 6.45) is 2.22. The Morgan fingerprint density at radius 2 is 1.31 bits per heavy atom. The van der Waals surface area contributed by atoms with E-state index in [4.69, 9.17) is 9.16 Å². The molecule has 174 valence electrons. The molecule has 0 amide bonds. The quantitative estimate of drug-likeness (QED) is 0.427. The Kier molecular flexibility index (Phi) is 5.95. The van der Waals surface area contributed by atoms with Crippen LogP contribution in [0.3, 0.4) is 0 Å². The van der Waals surface area contributed by atoms with Gasteiger partial charge in [-0.15, -0.1) is 0 Å². The summed E-state index contributed by atoms with van der Waals surface area (Å²) in [5, 5.41) is -0.108. The average molecular weight is 468 g/mol. The SMILES string of the molecule is O=c1cc(C(F)(F)F)c2ccc(N=P(N3CCCC3)(N3CCCC3)N3CCCC3)cc2o1. The van der Waals surface area contributed by atoms with Gasteiger partial charge in [-0.05, 0) is 50.7 Å². The van der Waals surface area contributed by atoms with Gasteiger partial charge in [0.05, 0.1) is 11.3 Å². The minimum Gasteiger partial charge on any atom is -0.423 e. The highest BCUT2D eigenvalue weighted by Crippen LogP contribution is 2.64. The van der Waals surface area contributed by atoms with Gasteiger partial charge in [0.25, 0.3) is 0 Å². The van der Waals surface area contributed by atoms with E-state index >= 15 is 0 Å². The fraction of sp³-hybridized carbons (Fsp3) is 0.591. The molecule has 10 heteroatoms. The lowest BCUT2D eigenvalue weighted by atomic mass is 10.1. The van der Waals surface area contributed by atoms with Crippen LogP contribution >= 0.6 is 7.51 Å². The second-order valence-corrected chi connectivity index (χ2v) is 11.7. The van der Waals surface area contributed by atoms with Gasteiger partial charge in [0, 0.05) is 56.8 Å². The highest BCUT2D eigenvalue weighted by molar-refractivity contribution is 7.59. The van der Waals surface area contributed by atoms with E-state index in [1.807, 2.05) is 0 Å². The smallest absolute Gasteiger partial charge is 0.417 e. The monoisotopic (exact) mass is 468 g/mol. The average Bonchev–Trinajstić information content (AvgIpc) is 3.54. The Hall–Kier alpha value is -1.67. The van der Waals surface area contributed by atoms with Gasteiger partial charge in [0.1, 0.15) is 5.58 Å². The van der Waals surface area contributed by atoms with Crippen molar-refractivity contribution in [1.29, 1.82) is 0 Å². The van der Waals surface area contributed by atoms with Crippen LogP contribution in [-0.4, -0.2) is 53.3 Å². The Bertz CT molecular complexity index is 1050. The number of hydrogen-bond acceptors (Lipinski definition) is 3. The van der Waals surface area contributed by atoms with Crippen LogP contribution in [0.25, 0.3) is 11.0 Å². The molecule has 2 aromatic rings. The molecule has 0 N–H and O–H groups in total. The summed E-state index contributed by atoms with van der Waals surface area (Å²) in [6, 6.07) is 5.08. The van der Waals surface area contributed by atoms with Gasteiger partial charge in [0.2, 0.25) is 0 Å². The fourth-order valence-electron chi connectivity index (χ4n) is 5.24. The van der Waals surface area contributed by atoms with Crippen molar-refractivity contribution in [2.24, 2.45) is 4.74 Å². The normalized spacial score (nSPS) is 21.7. The van der Waals surface area contributed by atoms with Gasteiger partial charge < -0.3 is 4.42 Å². The predicted octanol–water partition coefficient (Wildman–Crippen LogP) is 5.68. The van der Waals surface area contributed by atoms with Crippen molar-refractivity contribution < 1.29 is 17.6 Å². The maximum absolute atomic E-state index is 13.5. The molecule has 0 saturated carbocycles. The van der Waals surface area contributed by atoms with E-state index in [0.29, 0.717) is 11.8 Å². The van der Waals surface area contributed by atoms with Crippen LogP contribution in [0.4, 0.5) is 18.9 Å². The van der Waals surface area contributed by atoms with E-state index in [0.717, 1.165) is 77.8 Å². The van der Waals surface area contributed by atoms with Crippen molar-refractivity contribution >= 4 is 24.2 Å². The molecule has 0 radical (unpaired) electrons. The van der Waals surface area contributed by atoms with Gasteiger partial charge in [-0.3, -0.25) is 0 Å². The molecule has 3 fully saturated rings. The number of fused-ring (bicyclic) bond motifs is 1. The van der Waals surface area contributed by atoms with Crippen molar-refractivity contribution in [3.8, 4) is 0 Å². The molecule has 3 aliphatic rings. The zero-order valence-corrected chi connectivity index (χ0v) is 18.9. The van der Waals surface area contributed by atoms with Gasteiger partial charge >= 0.3 is 11.8 Å². The van der Waals surface area contributed by atoms with E-state index in [1.54, 1.807) is 6.07 Å². The number of nitrogens with zero attached hydrogens (tertiary/aromatic N) is 4. The first-order valence-electron chi connectivity index (χ1n) is 11.4. The Labute approximate surface area is 185 Å². The van der Waals surface area contributed by atoms with Gasteiger partial charge in [-0.25, -0.2) is 23.6 Å². The topological polar surface area (TPSA) is 52.3 Å². The summed E-state index contributed by atoms with van der Waals surface area (Å²) in [5.41, 5.74) is -1.44. The fourth-order valence-corrected chi connectivity index (χ4v) is 9.58. The number of benzene rings is 1. The molecule has 0 atom stereocenters. The molecule has 1 aromatic carbocycles. The van der Waals surface area contributed by atoms with E-state index < -0.39 is 24.9 Å². The van der Waals surface area contributed by atoms with Crippen molar-refractivity contribution in [2.75, 3.05) is 39.3 Å². The van der Waals surface area contributed by atoms with Crippen molar-refractivity contribution in [3.05, 3.63) is 40.2 Å². The first kappa shape index (κ1) is 22.1. The van der Waals surface area contributed by atoms with Crippen LogP contribution in [0.5, 0.6) is 0 Å². The molecule has 3 aliphatic heterocycles.